The first-order chi connectivity index (χ1) is 9.49. The first-order valence-electron chi connectivity index (χ1n) is 5.12. The van der Waals surface area contributed by atoms with Crippen molar-refractivity contribution in [2.75, 3.05) is 0 Å². The van der Waals surface area contributed by atoms with Gasteiger partial charge in [-0.05, 0) is 23.0 Å². The molecule has 0 spiro atoms. The monoisotopic (exact) mass is 352 g/mol. The summed E-state index contributed by atoms with van der Waals surface area (Å²) in [6.07, 6.45) is 2.80. The highest BCUT2D eigenvalue weighted by molar-refractivity contribution is 8.05. The normalized spacial score (nSPS) is 24.0. The molecule has 0 aromatic rings. The molecule has 2 atom stereocenters. The first-order valence-corrected chi connectivity index (χ1v) is 9.16. The summed E-state index contributed by atoms with van der Waals surface area (Å²) in [7, 11) is -4.82. The quantitative estimate of drug-likeness (QED) is 0.649. The average Bonchev–Trinajstić information content (AvgIpc) is 2.97. The largest absolute Gasteiger partial charge is 0.321 e. The third-order valence-corrected chi connectivity index (χ3v) is 6.01. The zero-order chi connectivity index (χ0) is 14.7. The molecule has 11 heteroatoms. The number of carbonyl (C=O) groups excluding carboxylic acids is 1. The Kier molecular flexibility index (Phi) is 4.96. The van der Waals surface area contributed by atoms with Gasteiger partial charge in [0.1, 0.15) is 20.5 Å². The topological polar surface area (TPSA) is 109 Å². The Hall–Kier alpha value is -1.17. The zero-order valence-corrected chi connectivity index (χ0v) is 12.9. The Labute approximate surface area is 125 Å². The predicted octanol–water partition coefficient (Wildman–Crippen LogP) is -0.438. The number of amides is 2. The Morgan fingerprint density at radius 1 is 0.900 bits per heavy atom. The zero-order valence-electron chi connectivity index (χ0n) is 9.64. The number of hydrogen-bond donors (Lipinski definition) is 2. The van der Waals surface area contributed by atoms with E-state index in [0.717, 1.165) is 23.5 Å². The maximum atomic E-state index is 11.8. The van der Waals surface area contributed by atoms with Gasteiger partial charge in [0.2, 0.25) is 20.6 Å². The molecule has 108 valence electrons. The van der Waals surface area contributed by atoms with Crippen LogP contribution in [0, 0.1) is 0 Å². The van der Waals surface area contributed by atoms with Crippen LogP contribution in [0.3, 0.4) is 0 Å². The Morgan fingerprint density at radius 2 is 1.30 bits per heavy atom. The molecule has 0 fully saturated rings. The van der Waals surface area contributed by atoms with Gasteiger partial charge in [0, 0.05) is 0 Å². The summed E-state index contributed by atoms with van der Waals surface area (Å²) in [6.45, 7) is 0. The summed E-state index contributed by atoms with van der Waals surface area (Å²) in [5.74, 6) is 0. The highest BCUT2D eigenvalue weighted by Gasteiger charge is 2.26. The number of nitrogens with one attached hydrogen (secondary N) is 2. The van der Waals surface area contributed by atoms with E-state index in [1.165, 1.54) is 12.2 Å². The number of rotatable bonds is 2. The molecule has 0 aromatic carbocycles. The van der Waals surface area contributed by atoms with Crippen molar-refractivity contribution in [2.24, 2.45) is 0 Å². The fraction of sp³-hybridized carbons (Fsp3) is 0.222. The third-order valence-electron chi connectivity index (χ3n) is 2.32. The standard InChI is InChI=1S/C9H8N2O5S4/c12-9(10-7-5(19(13)14)1-3-17-7)11-8-6(20(15)16)2-4-18-8/h1-4,7-8H,(H2,10,11,12). The van der Waals surface area contributed by atoms with Gasteiger partial charge in [-0.25, -0.2) is 4.79 Å². The fourth-order valence-corrected chi connectivity index (χ4v) is 4.80. The molecule has 0 saturated heterocycles. The van der Waals surface area contributed by atoms with Gasteiger partial charge in [0.05, 0.1) is 0 Å². The summed E-state index contributed by atoms with van der Waals surface area (Å²) in [5, 5.41) is 6.65. The highest BCUT2D eigenvalue weighted by Crippen LogP contribution is 2.21. The minimum atomic E-state index is -2.41. The highest BCUT2D eigenvalue weighted by atomic mass is 32.2. The molecular formula is C9H8N2O5S4. The van der Waals surface area contributed by atoms with Gasteiger partial charge in [0.25, 0.3) is 0 Å². The molecule has 0 bridgehead atoms. The van der Waals surface area contributed by atoms with E-state index in [9.17, 15) is 21.6 Å². The lowest BCUT2D eigenvalue weighted by molar-refractivity contribution is 0.242. The molecule has 0 radical (unpaired) electrons. The Balaban J connectivity index is 2.01. The van der Waals surface area contributed by atoms with Crippen LogP contribution in [0.25, 0.3) is 0 Å². The van der Waals surface area contributed by atoms with Crippen molar-refractivity contribution in [2.45, 2.75) is 10.7 Å². The van der Waals surface area contributed by atoms with Crippen LogP contribution in [-0.2, 0) is 20.6 Å². The van der Waals surface area contributed by atoms with Gasteiger partial charge < -0.3 is 10.6 Å². The molecule has 2 unspecified atom stereocenters. The van der Waals surface area contributed by atoms with Crippen molar-refractivity contribution < 1.29 is 21.6 Å². The van der Waals surface area contributed by atoms with Crippen LogP contribution in [0.4, 0.5) is 4.79 Å². The van der Waals surface area contributed by atoms with Crippen molar-refractivity contribution in [3.8, 4) is 0 Å². The van der Waals surface area contributed by atoms with Gasteiger partial charge >= 0.3 is 6.03 Å². The van der Waals surface area contributed by atoms with E-state index in [0.29, 0.717) is 0 Å². The molecule has 2 heterocycles. The van der Waals surface area contributed by atoms with Crippen LogP contribution in [-0.4, -0.2) is 43.3 Å². The van der Waals surface area contributed by atoms with E-state index in [1.807, 2.05) is 0 Å². The molecule has 0 saturated carbocycles. The summed E-state index contributed by atoms with van der Waals surface area (Å²) in [4.78, 5) is 11.9. The molecule has 20 heavy (non-hydrogen) atoms. The lowest BCUT2D eigenvalue weighted by atomic mass is 10.4. The Bertz CT molecular complexity index is 682. The SMILES string of the molecule is O=C(NC1SC=CC1=S(=O)=O)NC1SC=CC1=S(=O)=O. The van der Waals surface area contributed by atoms with Crippen LogP contribution in [0.2, 0.25) is 0 Å². The molecule has 7 nitrogen and oxygen atoms in total. The average molecular weight is 352 g/mol. The Morgan fingerprint density at radius 3 is 1.65 bits per heavy atom. The van der Waals surface area contributed by atoms with E-state index in [1.54, 1.807) is 10.8 Å². The van der Waals surface area contributed by atoms with Crippen LogP contribution in [0.1, 0.15) is 0 Å². The number of urea groups is 1. The van der Waals surface area contributed by atoms with Gasteiger partial charge in [-0.15, -0.1) is 23.5 Å². The van der Waals surface area contributed by atoms with Crippen LogP contribution >= 0.6 is 23.5 Å². The van der Waals surface area contributed by atoms with Crippen molar-refractivity contribution in [1.82, 2.24) is 10.6 Å². The van der Waals surface area contributed by atoms with E-state index >= 15 is 0 Å². The number of hydrogen-bond acceptors (Lipinski definition) is 7. The molecule has 2 N–H and O–H groups in total. The second kappa shape index (κ2) is 6.52. The van der Waals surface area contributed by atoms with Crippen molar-refractivity contribution in [3.05, 3.63) is 23.0 Å². The minimum absolute atomic E-state index is 0.0685. The maximum Gasteiger partial charge on any atom is 0.317 e. The van der Waals surface area contributed by atoms with E-state index < -0.39 is 37.4 Å². The second-order valence-corrected chi connectivity index (χ2v) is 7.44. The number of thioether (sulfide) groups is 2. The fourth-order valence-electron chi connectivity index (χ4n) is 1.45. The predicted molar refractivity (Wildman–Crippen MR) is 80.6 cm³/mol. The summed E-state index contributed by atoms with van der Waals surface area (Å²) >= 11 is 2.28. The molecule has 0 aliphatic carbocycles. The van der Waals surface area contributed by atoms with E-state index in [2.05, 4.69) is 10.6 Å². The molecule has 2 aliphatic heterocycles. The van der Waals surface area contributed by atoms with Gasteiger partial charge in [-0.3, -0.25) is 0 Å². The molecule has 2 aliphatic rings. The summed E-state index contributed by atoms with van der Waals surface area (Å²) in [5.41, 5.74) is 0. The van der Waals surface area contributed by atoms with Crippen molar-refractivity contribution in [1.29, 1.82) is 0 Å². The van der Waals surface area contributed by atoms with Gasteiger partial charge in [-0.2, -0.15) is 16.8 Å². The maximum absolute atomic E-state index is 11.8. The van der Waals surface area contributed by atoms with Crippen molar-refractivity contribution in [3.63, 3.8) is 0 Å². The molecular weight excluding hydrogens is 344 g/mol. The van der Waals surface area contributed by atoms with E-state index in [-0.39, 0.29) is 9.73 Å². The van der Waals surface area contributed by atoms with Crippen LogP contribution < -0.4 is 10.6 Å². The minimum Gasteiger partial charge on any atom is -0.321 e. The van der Waals surface area contributed by atoms with Crippen molar-refractivity contribution >= 4 is 59.9 Å². The van der Waals surface area contributed by atoms with Crippen LogP contribution in [0.5, 0.6) is 0 Å². The summed E-state index contributed by atoms with van der Waals surface area (Å²) < 4.78 is 43.6. The lowest BCUT2D eigenvalue weighted by Gasteiger charge is -2.15. The van der Waals surface area contributed by atoms with Gasteiger partial charge in [-0.1, -0.05) is 0 Å². The number of carbonyl (C=O) groups is 1. The lowest BCUT2D eigenvalue weighted by Crippen LogP contribution is -2.47. The molecule has 0 aromatic heterocycles. The molecule has 2 rings (SSSR count). The third kappa shape index (κ3) is 3.48. The smallest absolute Gasteiger partial charge is 0.317 e. The van der Waals surface area contributed by atoms with E-state index in [4.69, 9.17) is 0 Å². The first kappa shape index (κ1) is 15.2. The van der Waals surface area contributed by atoms with Gasteiger partial charge in [0.15, 0.2) is 0 Å². The summed E-state index contributed by atoms with van der Waals surface area (Å²) in [6, 6.07) is -0.640. The molecule has 2 amide bonds. The second-order valence-electron chi connectivity index (χ2n) is 3.53. The van der Waals surface area contributed by atoms with Crippen LogP contribution in [0.15, 0.2) is 23.0 Å².